The van der Waals surface area contributed by atoms with Gasteiger partial charge in [-0.3, -0.25) is 20.2 Å². The fraction of sp³-hybridized carbons (Fsp3) is 0.176. The number of non-ortho nitro benzene ring substituents is 1. The molecule has 124 valence electrons. The second-order valence-electron chi connectivity index (χ2n) is 5.46. The van der Waals surface area contributed by atoms with Crippen molar-refractivity contribution in [1.82, 2.24) is 5.32 Å². The molecule has 0 fully saturated rings. The molecule has 2 aromatic rings. The van der Waals surface area contributed by atoms with Gasteiger partial charge in [-0.05, 0) is 67.9 Å². The van der Waals surface area contributed by atoms with E-state index in [9.17, 15) is 14.9 Å². The molecule has 0 radical (unpaired) electrons. The van der Waals surface area contributed by atoms with Crippen LogP contribution in [0.4, 0.5) is 11.4 Å². The van der Waals surface area contributed by atoms with Gasteiger partial charge in [0.15, 0.2) is 5.11 Å². The van der Waals surface area contributed by atoms with E-state index in [0.717, 1.165) is 11.1 Å². The lowest BCUT2D eigenvalue weighted by atomic mass is 10.1. The van der Waals surface area contributed by atoms with E-state index in [0.29, 0.717) is 16.8 Å². The van der Waals surface area contributed by atoms with Crippen LogP contribution in [-0.2, 0) is 0 Å². The summed E-state index contributed by atoms with van der Waals surface area (Å²) in [6, 6.07) is 9.78. The standard InChI is InChI=1S/C17H17N3O3S/c1-10-4-5-13(8-11(10)2)16(21)19-17(24)18-15-7-6-14(20(22)23)9-12(15)3/h4-9H,1-3H3,(H2,18,19,21,24). The summed E-state index contributed by atoms with van der Waals surface area (Å²) < 4.78 is 0. The molecule has 0 saturated heterocycles. The van der Waals surface area contributed by atoms with Gasteiger partial charge in [0.1, 0.15) is 0 Å². The quantitative estimate of drug-likeness (QED) is 0.505. The highest BCUT2D eigenvalue weighted by Crippen LogP contribution is 2.21. The van der Waals surface area contributed by atoms with Crippen molar-refractivity contribution < 1.29 is 9.72 Å². The molecule has 24 heavy (non-hydrogen) atoms. The monoisotopic (exact) mass is 343 g/mol. The van der Waals surface area contributed by atoms with Gasteiger partial charge in [-0.15, -0.1) is 0 Å². The molecule has 7 heteroatoms. The molecule has 0 aliphatic heterocycles. The Morgan fingerprint density at radius 1 is 1.04 bits per heavy atom. The SMILES string of the molecule is Cc1ccc(C(=O)NC(=S)Nc2ccc([N+](=O)[O-])cc2C)cc1C. The first-order valence-electron chi connectivity index (χ1n) is 7.22. The van der Waals surface area contributed by atoms with Crippen LogP contribution in [0.25, 0.3) is 0 Å². The zero-order chi connectivity index (χ0) is 17.9. The fourth-order valence-electron chi connectivity index (χ4n) is 2.11. The van der Waals surface area contributed by atoms with E-state index < -0.39 is 4.92 Å². The van der Waals surface area contributed by atoms with Crippen LogP contribution in [0.5, 0.6) is 0 Å². The summed E-state index contributed by atoms with van der Waals surface area (Å²) in [6.07, 6.45) is 0. The summed E-state index contributed by atoms with van der Waals surface area (Å²) in [5.41, 5.74) is 3.91. The Morgan fingerprint density at radius 3 is 2.33 bits per heavy atom. The van der Waals surface area contributed by atoms with Crippen LogP contribution in [-0.4, -0.2) is 15.9 Å². The third-order valence-electron chi connectivity index (χ3n) is 3.67. The molecular formula is C17H17N3O3S. The Hall–Kier alpha value is -2.80. The zero-order valence-electron chi connectivity index (χ0n) is 13.5. The van der Waals surface area contributed by atoms with E-state index >= 15 is 0 Å². The topological polar surface area (TPSA) is 84.3 Å². The number of nitro groups is 1. The van der Waals surface area contributed by atoms with Gasteiger partial charge in [0, 0.05) is 23.4 Å². The Morgan fingerprint density at radius 2 is 1.75 bits per heavy atom. The molecule has 0 aliphatic carbocycles. The van der Waals surface area contributed by atoms with Crippen molar-refractivity contribution in [3.05, 3.63) is 68.8 Å². The van der Waals surface area contributed by atoms with Crippen molar-refractivity contribution in [2.75, 3.05) is 5.32 Å². The maximum atomic E-state index is 12.2. The van der Waals surface area contributed by atoms with Gasteiger partial charge in [0.2, 0.25) is 0 Å². The van der Waals surface area contributed by atoms with Gasteiger partial charge in [-0.2, -0.15) is 0 Å². The average molecular weight is 343 g/mol. The Kier molecular flexibility index (Phi) is 5.25. The van der Waals surface area contributed by atoms with Crippen LogP contribution in [0.15, 0.2) is 36.4 Å². The van der Waals surface area contributed by atoms with Crippen molar-refractivity contribution in [3.8, 4) is 0 Å². The second-order valence-corrected chi connectivity index (χ2v) is 5.87. The number of hydrogen-bond donors (Lipinski definition) is 2. The number of amides is 1. The average Bonchev–Trinajstić information content (AvgIpc) is 2.51. The molecule has 0 saturated carbocycles. The van der Waals surface area contributed by atoms with Gasteiger partial charge in [0.05, 0.1) is 4.92 Å². The van der Waals surface area contributed by atoms with E-state index in [1.165, 1.54) is 12.1 Å². The van der Waals surface area contributed by atoms with Crippen molar-refractivity contribution in [3.63, 3.8) is 0 Å². The molecule has 0 atom stereocenters. The van der Waals surface area contributed by atoms with Crippen LogP contribution in [0, 0.1) is 30.9 Å². The van der Waals surface area contributed by atoms with E-state index in [1.54, 1.807) is 25.1 Å². The largest absolute Gasteiger partial charge is 0.332 e. The summed E-state index contributed by atoms with van der Waals surface area (Å²) in [4.78, 5) is 22.5. The number of hydrogen-bond acceptors (Lipinski definition) is 4. The van der Waals surface area contributed by atoms with Crippen LogP contribution >= 0.6 is 12.2 Å². The highest BCUT2D eigenvalue weighted by atomic mass is 32.1. The Labute approximate surface area is 145 Å². The number of nitrogens with zero attached hydrogens (tertiary/aromatic N) is 1. The number of benzene rings is 2. The van der Waals surface area contributed by atoms with Crippen molar-refractivity contribution >= 4 is 34.6 Å². The van der Waals surface area contributed by atoms with Crippen molar-refractivity contribution in [2.45, 2.75) is 20.8 Å². The molecule has 6 nitrogen and oxygen atoms in total. The van der Waals surface area contributed by atoms with E-state index in [4.69, 9.17) is 12.2 Å². The van der Waals surface area contributed by atoms with E-state index in [1.807, 2.05) is 19.9 Å². The molecule has 0 unspecified atom stereocenters. The number of thiocarbonyl (C=S) groups is 1. The van der Waals surface area contributed by atoms with Gasteiger partial charge in [0.25, 0.3) is 11.6 Å². The van der Waals surface area contributed by atoms with Crippen LogP contribution < -0.4 is 10.6 Å². The second kappa shape index (κ2) is 7.18. The molecular weight excluding hydrogens is 326 g/mol. The number of nitrogens with one attached hydrogen (secondary N) is 2. The maximum Gasteiger partial charge on any atom is 0.269 e. The fourth-order valence-corrected chi connectivity index (χ4v) is 2.32. The summed E-state index contributed by atoms with van der Waals surface area (Å²) in [5, 5.41) is 16.4. The summed E-state index contributed by atoms with van der Waals surface area (Å²) in [6.45, 7) is 5.63. The smallest absolute Gasteiger partial charge is 0.269 e. The highest BCUT2D eigenvalue weighted by molar-refractivity contribution is 7.80. The Balaban J connectivity index is 2.06. The molecule has 0 spiro atoms. The molecule has 0 heterocycles. The molecule has 2 rings (SSSR count). The summed E-state index contributed by atoms with van der Waals surface area (Å²) in [5.74, 6) is -0.310. The van der Waals surface area contributed by atoms with Crippen LogP contribution in [0.3, 0.4) is 0 Å². The lowest BCUT2D eigenvalue weighted by Gasteiger charge is -2.12. The van der Waals surface area contributed by atoms with E-state index in [-0.39, 0.29) is 16.7 Å². The summed E-state index contributed by atoms with van der Waals surface area (Å²) >= 11 is 5.14. The predicted octanol–water partition coefficient (Wildman–Crippen LogP) is 3.65. The minimum atomic E-state index is -0.462. The molecule has 0 aromatic heterocycles. The molecule has 0 aliphatic rings. The summed E-state index contributed by atoms with van der Waals surface area (Å²) in [7, 11) is 0. The third-order valence-corrected chi connectivity index (χ3v) is 3.87. The van der Waals surface area contributed by atoms with Gasteiger partial charge < -0.3 is 5.32 Å². The van der Waals surface area contributed by atoms with Crippen molar-refractivity contribution in [1.29, 1.82) is 0 Å². The van der Waals surface area contributed by atoms with E-state index in [2.05, 4.69) is 10.6 Å². The van der Waals surface area contributed by atoms with Crippen LogP contribution in [0.2, 0.25) is 0 Å². The molecule has 0 bridgehead atoms. The van der Waals surface area contributed by atoms with Gasteiger partial charge in [-0.1, -0.05) is 6.07 Å². The lowest BCUT2D eigenvalue weighted by Crippen LogP contribution is -2.34. The number of anilines is 1. The van der Waals surface area contributed by atoms with Gasteiger partial charge in [-0.25, -0.2) is 0 Å². The first kappa shape index (κ1) is 17.6. The number of aryl methyl sites for hydroxylation is 3. The first-order valence-corrected chi connectivity index (χ1v) is 7.63. The Bertz CT molecular complexity index is 834. The minimum absolute atomic E-state index is 0.00290. The maximum absolute atomic E-state index is 12.2. The zero-order valence-corrected chi connectivity index (χ0v) is 14.4. The third kappa shape index (κ3) is 4.14. The first-order chi connectivity index (χ1) is 11.3. The highest BCUT2D eigenvalue weighted by Gasteiger charge is 2.11. The van der Waals surface area contributed by atoms with Crippen LogP contribution in [0.1, 0.15) is 27.0 Å². The van der Waals surface area contributed by atoms with Gasteiger partial charge >= 0.3 is 0 Å². The normalized spacial score (nSPS) is 10.1. The molecule has 1 amide bonds. The minimum Gasteiger partial charge on any atom is -0.332 e. The number of carbonyl (C=O) groups is 1. The molecule has 2 aromatic carbocycles. The van der Waals surface area contributed by atoms with Crippen molar-refractivity contribution in [2.24, 2.45) is 0 Å². The number of rotatable bonds is 3. The predicted molar refractivity (Wildman–Crippen MR) is 97.4 cm³/mol. The number of nitro benzene ring substituents is 1. The molecule has 2 N–H and O–H groups in total. The number of carbonyl (C=O) groups excluding carboxylic acids is 1. The lowest BCUT2D eigenvalue weighted by molar-refractivity contribution is -0.384.